The van der Waals surface area contributed by atoms with E-state index >= 15 is 0 Å². The maximum absolute atomic E-state index is 11.8. The summed E-state index contributed by atoms with van der Waals surface area (Å²) in [4.78, 5) is 28.8. The number of oxime groups is 2. The minimum atomic E-state index is -0.200. The van der Waals surface area contributed by atoms with Crippen LogP contribution in [0.5, 0.6) is 0 Å². The smallest absolute Gasteiger partial charge is 0.308 e. The van der Waals surface area contributed by atoms with Crippen molar-refractivity contribution in [1.29, 1.82) is 0 Å². The Labute approximate surface area is 259 Å². The van der Waals surface area contributed by atoms with Crippen molar-refractivity contribution in [2.75, 3.05) is 13.2 Å². The first-order chi connectivity index (χ1) is 20.8. The predicted molar refractivity (Wildman–Crippen MR) is 168 cm³/mol. The lowest BCUT2D eigenvalue weighted by Crippen LogP contribution is -2.36. The highest BCUT2D eigenvalue weighted by Gasteiger charge is 2.44. The van der Waals surface area contributed by atoms with E-state index in [1.165, 1.54) is 5.57 Å². The van der Waals surface area contributed by atoms with Crippen LogP contribution in [0.25, 0.3) is 0 Å². The molecule has 2 aromatic rings. The van der Waals surface area contributed by atoms with E-state index in [0.29, 0.717) is 18.8 Å². The molecule has 3 aliphatic rings. The van der Waals surface area contributed by atoms with Crippen molar-refractivity contribution in [2.24, 2.45) is 22.1 Å². The molecule has 5 rings (SSSR count). The van der Waals surface area contributed by atoms with Crippen LogP contribution in [0.15, 0.2) is 83.1 Å². The van der Waals surface area contributed by atoms with Gasteiger partial charge in [-0.15, -0.1) is 0 Å². The van der Waals surface area contributed by atoms with Crippen LogP contribution in [0, 0.1) is 11.8 Å². The maximum Gasteiger partial charge on any atom is 0.308 e. The summed E-state index contributed by atoms with van der Waals surface area (Å²) in [7, 11) is 0. The predicted octanol–water partition coefficient (Wildman–Crippen LogP) is 7.66. The number of benzene rings is 2. The van der Waals surface area contributed by atoms with Gasteiger partial charge in [0.15, 0.2) is 5.17 Å². The lowest BCUT2D eigenvalue weighted by atomic mass is 9.76. The van der Waals surface area contributed by atoms with E-state index in [4.69, 9.17) is 31.1 Å². The fourth-order valence-electron chi connectivity index (χ4n) is 5.37. The zero-order valence-corrected chi connectivity index (χ0v) is 25.9. The Hall–Kier alpha value is -3.65. The quantitative estimate of drug-likeness (QED) is 0.118. The van der Waals surface area contributed by atoms with Gasteiger partial charge in [-0.25, -0.2) is 0 Å². The molecule has 2 saturated carbocycles. The second-order valence-corrected chi connectivity index (χ2v) is 11.3. The molecular weight excluding hydrogens is 568 g/mol. The van der Waals surface area contributed by atoms with Gasteiger partial charge >= 0.3 is 11.9 Å². The molecule has 43 heavy (non-hydrogen) atoms. The molecule has 0 unspecified atom stereocenters. The maximum atomic E-state index is 11.8. The van der Waals surface area contributed by atoms with Crippen molar-refractivity contribution < 1.29 is 29.1 Å². The molecule has 1 N–H and O–H groups in total. The normalized spacial score (nSPS) is 21.7. The minimum absolute atomic E-state index is 0.0231. The van der Waals surface area contributed by atoms with E-state index < -0.39 is 0 Å². The molecule has 0 saturated heterocycles. The molecular formula is C34H43ClN2O6. The summed E-state index contributed by atoms with van der Waals surface area (Å²) in [5.41, 5.74) is 3.93. The Kier molecular flexibility index (Phi) is 13.7. The van der Waals surface area contributed by atoms with Crippen LogP contribution in [-0.2, 0) is 23.9 Å². The third kappa shape index (κ3) is 10.5. The second-order valence-electron chi connectivity index (χ2n) is 10.9. The number of carbonyl (C=O) groups excluding carboxylic acids is 2. The van der Waals surface area contributed by atoms with Gasteiger partial charge in [0.1, 0.15) is 5.60 Å². The molecule has 2 aliphatic carbocycles. The van der Waals surface area contributed by atoms with Crippen LogP contribution >= 0.6 is 11.6 Å². The minimum Gasteiger partial charge on any atom is -0.466 e. The molecule has 232 valence electrons. The molecule has 2 aromatic carbocycles. The SMILES string of the molecule is C=C1CCC(C(=O)OCC)CC1.CCOC(=O)C1CCC2(CC1)CC(c1ccccc1)=NO2.O/N=C(\Cl)c1ccccc1. The summed E-state index contributed by atoms with van der Waals surface area (Å²) in [6.07, 6.45) is 8.08. The summed E-state index contributed by atoms with van der Waals surface area (Å²) < 4.78 is 10.1. The molecule has 1 aliphatic heterocycles. The Morgan fingerprint density at radius 2 is 1.44 bits per heavy atom. The summed E-state index contributed by atoms with van der Waals surface area (Å²) >= 11 is 5.49. The van der Waals surface area contributed by atoms with E-state index in [1.807, 2.05) is 50.2 Å². The highest BCUT2D eigenvalue weighted by Crippen LogP contribution is 2.41. The Morgan fingerprint density at radius 1 is 0.930 bits per heavy atom. The van der Waals surface area contributed by atoms with Gasteiger partial charge in [0.25, 0.3) is 0 Å². The van der Waals surface area contributed by atoms with E-state index in [0.717, 1.165) is 69.1 Å². The largest absolute Gasteiger partial charge is 0.466 e. The van der Waals surface area contributed by atoms with Gasteiger partial charge in [-0.3, -0.25) is 9.59 Å². The van der Waals surface area contributed by atoms with Crippen LogP contribution in [0.4, 0.5) is 0 Å². The van der Waals surface area contributed by atoms with E-state index in [-0.39, 0.29) is 34.5 Å². The molecule has 0 aromatic heterocycles. The standard InChI is InChI=1S/C17H21NO3.C10H16O2.C7H6ClNO/c1-2-20-16(19)14-8-10-17(11-9-14)12-15(18-21-17)13-6-4-3-5-7-13;1-3-12-10(11)9-6-4-8(2)5-7-9;8-7(9-10)6-4-2-1-3-5-6/h3-7,14H,2,8-12H2,1H3;9H,2-7H2,1H3;1-5,10H/b;;9-7-. The third-order valence-corrected chi connectivity index (χ3v) is 8.17. The number of halogens is 1. The van der Waals surface area contributed by atoms with E-state index in [9.17, 15) is 9.59 Å². The van der Waals surface area contributed by atoms with Gasteiger partial charge in [-0.05, 0) is 70.8 Å². The third-order valence-electron chi connectivity index (χ3n) is 7.88. The first kappa shape index (κ1) is 33.8. The fourth-order valence-corrected chi connectivity index (χ4v) is 5.50. The van der Waals surface area contributed by atoms with Crippen LogP contribution in [-0.4, -0.2) is 46.8 Å². The molecule has 1 heterocycles. The highest BCUT2D eigenvalue weighted by atomic mass is 35.5. The van der Waals surface area contributed by atoms with Crippen LogP contribution in [0.1, 0.15) is 82.8 Å². The Balaban J connectivity index is 0.000000195. The lowest BCUT2D eigenvalue weighted by Gasteiger charge is -2.33. The summed E-state index contributed by atoms with van der Waals surface area (Å²) in [5, 5.41) is 15.5. The van der Waals surface area contributed by atoms with Gasteiger partial charge in [-0.1, -0.05) is 94.7 Å². The summed E-state index contributed by atoms with van der Waals surface area (Å²) in [6.45, 7) is 8.55. The zero-order valence-electron chi connectivity index (χ0n) is 25.2. The number of esters is 2. The molecule has 9 heteroatoms. The molecule has 8 nitrogen and oxygen atoms in total. The number of hydrogen-bond acceptors (Lipinski definition) is 8. The number of carbonyl (C=O) groups is 2. The van der Waals surface area contributed by atoms with Crippen molar-refractivity contribution in [1.82, 2.24) is 0 Å². The van der Waals surface area contributed by atoms with E-state index in [2.05, 4.69) is 29.0 Å². The van der Waals surface area contributed by atoms with Crippen molar-refractivity contribution in [2.45, 2.75) is 77.2 Å². The molecule has 0 bridgehead atoms. The van der Waals surface area contributed by atoms with Crippen molar-refractivity contribution in [3.63, 3.8) is 0 Å². The number of rotatable bonds is 6. The van der Waals surface area contributed by atoms with Crippen molar-refractivity contribution >= 4 is 34.4 Å². The van der Waals surface area contributed by atoms with Gasteiger partial charge in [-0.2, -0.15) is 0 Å². The van der Waals surface area contributed by atoms with Gasteiger partial charge in [0.2, 0.25) is 0 Å². The zero-order chi connectivity index (χ0) is 31.1. The average Bonchev–Trinajstić information content (AvgIpc) is 3.46. The molecule has 1 spiro atoms. The van der Waals surface area contributed by atoms with E-state index in [1.54, 1.807) is 12.1 Å². The number of allylic oxidation sites excluding steroid dienone is 1. The molecule has 0 amide bonds. The number of hydrogen-bond donors (Lipinski definition) is 1. The van der Waals surface area contributed by atoms with Crippen LogP contribution < -0.4 is 0 Å². The average molecular weight is 611 g/mol. The monoisotopic (exact) mass is 610 g/mol. The number of ether oxygens (including phenoxy) is 2. The number of nitrogens with zero attached hydrogens (tertiary/aromatic N) is 2. The van der Waals surface area contributed by atoms with Crippen molar-refractivity contribution in [3.05, 3.63) is 83.9 Å². The van der Waals surface area contributed by atoms with Gasteiger partial charge in [0, 0.05) is 12.0 Å². The fraction of sp³-hybridized carbons (Fsp3) is 0.471. The first-order valence-corrected chi connectivity index (χ1v) is 15.4. The summed E-state index contributed by atoms with van der Waals surface area (Å²) in [5.74, 6) is 0.0787. The first-order valence-electron chi connectivity index (χ1n) is 15.0. The Bertz CT molecular complexity index is 1230. The van der Waals surface area contributed by atoms with Crippen LogP contribution in [0.3, 0.4) is 0 Å². The van der Waals surface area contributed by atoms with Crippen molar-refractivity contribution in [3.8, 4) is 0 Å². The Morgan fingerprint density at radius 3 is 1.95 bits per heavy atom. The molecule has 2 fully saturated rings. The van der Waals surface area contributed by atoms with Crippen LogP contribution in [0.2, 0.25) is 0 Å². The topological polar surface area (TPSA) is 107 Å². The second kappa shape index (κ2) is 17.5. The summed E-state index contributed by atoms with van der Waals surface area (Å²) in [6, 6.07) is 19.2. The lowest BCUT2D eigenvalue weighted by molar-refractivity contribution is -0.152. The molecule has 0 radical (unpaired) electrons. The van der Waals surface area contributed by atoms with Gasteiger partial charge in [0.05, 0.1) is 30.8 Å². The van der Waals surface area contributed by atoms with Gasteiger partial charge < -0.3 is 19.5 Å². The highest BCUT2D eigenvalue weighted by molar-refractivity contribution is 6.69. The molecule has 0 atom stereocenters.